The van der Waals surface area contributed by atoms with Crippen LogP contribution in [0.15, 0.2) is 65.8 Å². The number of hydrogen-bond acceptors (Lipinski definition) is 9. The first-order valence-corrected chi connectivity index (χ1v) is 18.5. The summed E-state index contributed by atoms with van der Waals surface area (Å²) >= 11 is 6.59. The molecule has 5 N–H and O–H groups in total. The Labute approximate surface area is 315 Å². The Morgan fingerprint density at radius 2 is 1.83 bits per heavy atom. The van der Waals surface area contributed by atoms with Crippen LogP contribution in [0.5, 0.6) is 5.75 Å². The molecule has 5 rings (SSSR count). The number of imidazole rings is 1. The van der Waals surface area contributed by atoms with Crippen LogP contribution < -0.4 is 21.6 Å². The van der Waals surface area contributed by atoms with Gasteiger partial charge in [0.25, 0.3) is 5.91 Å². The molecule has 1 aromatic heterocycles. The maximum Gasteiger partial charge on any atom is 0.257 e. The Kier molecular flexibility index (Phi) is 17.9. The molecule has 1 saturated heterocycles. The number of likely N-dealkylation sites (N-methyl/N-ethyl adjacent to an activating group) is 1. The van der Waals surface area contributed by atoms with E-state index in [1.807, 2.05) is 57.0 Å². The number of hydrazone groups is 1. The first-order chi connectivity index (χ1) is 25.2. The van der Waals surface area contributed by atoms with Crippen LogP contribution in [0, 0.1) is 13.8 Å². The van der Waals surface area contributed by atoms with E-state index < -0.39 is 0 Å². The van der Waals surface area contributed by atoms with Crippen molar-refractivity contribution < 1.29 is 14.3 Å². The number of aryl methyl sites for hydroxylation is 2. The molecule has 0 aliphatic carbocycles. The molecule has 0 bridgehead atoms. The summed E-state index contributed by atoms with van der Waals surface area (Å²) in [6.45, 7) is 13.5. The van der Waals surface area contributed by atoms with Gasteiger partial charge in [-0.15, -0.1) is 0 Å². The number of methoxy groups -OCH3 is 1. The molecule has 0 saturated carbocycles. The minimum Gasteiger partial charge on any atom is -0.496 e. The number of rotatable bonds is 14. The molecule has 0 radical (unpaired) electrons. The number of nitrogens with two attached hydrogens (primary N) is 2. The van der Waals surface area contributed by atoms with Gasteiger partial charge in [-0.05, 0) is 102 Å². The van der Waals surface area contributed by atoms with Gasteiger partial charge in [0.15, 0.2) is 0 Å². The number of para-hydroxylation sites is 2. The van der Waals surface area contributed by atoms with E-state index in [-0.39, 0.29) is 11.8 Å². The van der Waals surface area contributed by atoms with Gasteiger partial charge in [-0.3, -0.25) is 4.79 Å². The Morgan fingerprint density at radius 1 is 1.12 bits per heavy atom. The molecule has 2 heterocycles. The summed E-state index contributed by atoms with van der Waals surface area (Å²) in [5.41, 5.74) is 10.5. The quantitative estimate of drug-likeness (QED) is 0.0564. The summed E-state index contributed by atoms with van der Waals surface area (Å²) in [7, 11) is 4.99. The Balaban J connectivity index is 0.00000114. The van der Waals surface area contributed by atoms with Crippen LogP contribution in [0.3, 0.4) is 0 Å². The van der Waals surface area contributed by atoms with E-state index in [4.69, 9.17) is 26.1 Å². The second kappa shape index (κ2) is 22.0. The van der Waals surface area contributed by atoms with E-state index in [1.165, 1.54) is 13.3 Å². The second-order valence-corrected chi connectivity index (χ2v) is 13.2. The number of carbonyl (C=O) groups is 1. The molecular formula is C40H59ClN8O3. The van der Waals surface area contributed by atoms with Crippen molar-refractivity contribution in [2.24, 2.45) is 16.7 Å². The molecule has 12 heteroatoms. The zero-order chi connectivity index (χ0) is 38.0. The topological polar surface area (TPSA) is 136 Å². The number of likely N-dealkylation sites (tertiary alicyclic amines) is 1. The predicted molar refractivity (Wildman–Crippen MR) is 216 cm³/mol. The fourth-order valence-corrected chi connectivity index (χ4v) is 6.56. The van der Waals surface area contributed by atoms with Gasteiger partial charge in [0, 0.05) is 63.0 Å². The molecule has 284 valence electrons. The summed E-state index contributed by atoms with van der Waals surface area (Å²) in [5, 5.41) is 7.63. The van der Waals surface area contributed by atoms with Gasteiger partial charge in [0.2, 0.25) is 5.95 Å². The van der Waals surface area contributed by atoms with E-state index in [0.717, 1.165) is 84.1 Å². The average Bonchev–Trinajstić information content (AvgIpc) is 3.52. The number of aromatic nitrogens is 2. The number of benzene rings is 3. The van der Waals surface area contributed by atoms with Crippen LogP contribution in [0.1, 0.15) is 66.1 Å². The van der Waals surface area contributed by atoms with Gasteiger partial charge in [-0.1, -0.05) is 47.5 Å². The number of hydrogen-bond donors (Lipinski definition) is 3. The van der Waals surface area contributed by atoms with Crippen molar-refractivity contribution >= 4 is 40.7 Å². The molecule has 0 spiro atoms. The van der Waals surface area contributed by atoms with Crippen LogP contribution in [0.4, 0.5) is 5.95 Å². The third-order valence-corrected chi connectivity index (χ3v) is 9.68. The second-order valence-electron chi connectivity index (χ2n) is 12.8. The highest BCUT2D eigenvalue weighted by Gasteiger charge is 2.25. The molecule has 1 unspecified atom stereocenters. The normalized spacial score (nSPS) is 13.9. The molecule has 1 amide bonds. The highest BCUT2D eigenvalue weighted by molar-refractivity contribution is 6.31. The lowest BCUT2D eigenvalue weighted by Crippen LogP contribution is -2.40. The predicted octanol–water partition coefficient (Wildman–Crippen LogP) is 6.70. The van der Waals surface area contributed by atoms with Gasteiger partial charge in [0.1, 0.15) is 5.75 Å². The number of anilines is 1. The fraction of sp³-hybridized carbons (Fsp3) is 0.475. The van der Waals surface area contributed by atoms with Gasteiger partial charge in [0.05, 0.1) is 30.3 Å². The number of carbonyl (C=O) groups excluding carboxylic acids is 1. The monoisotopic (exact) mass is 734 g/mol. The summed E-state index contributed by atoms with van der Waals surface area (Å²) in [5.74, 6) is 6.22. The molecule has 4 aromatic rings. The average molecular weight is 735 g/mol. The maximum absolute atomic E-state index is 13.6. The SMILES string of the molecule is C/C=N\N.CCOCCn1c(NC2CCN(CCC(CN(C)C(=O)c3cc(C)ccc3OC)c3ccc(C)c(Cl)c3)CC2)nc2ccccc21.CN. The summed E-state index contributed by atoms with van der Waals surface area (Å²) < 4.78 is 13.4. The van der Waals surface area contributed by atoms with Crippen molar-refractivity contribution in [3.8, 4) is 5.75 Å². The summed E-state index contributed by atoms with van der Waals surface area (Å²) in [4.78, 5) is 22.9. The standard InChI is InChI=1S/C37H48ClN5O3.C2H6N2.CH5N/c1-6-46-22-21-43-34-10-8-7-9-33(34)40-37(43)39-30-16-19-42(20-17-30)18-15-29(28-13-12-27(3)32(38)24-28)25-41(4)36(44)31-23-26(2)11-14-35(31)45-5;1-2-4-3;1-2/h7-14,23-24,29-30H,6,15-22,25H2,1-5H3,(H,39,40);2H,3H2,1H3;2H2,1H3/b;4-2-;. The number of halogens is 1. The Bertz CT molecular complexity index is 1700. The molecule has 1 aliphatic heterocycles. The zero-order valence-electron chi connectivity index (χ0n) is 32.1. The van der Waals surface area contributed by atoms with Crippen molar-refractivity contribution in [3.05, 3.63) is 87.9 Å². The van der Waals surface area contributed by atoms with E-state index in [0.29, 0.717) is 37.1 Å². The highest BCUT2D eigenvalue weighted by atomic mass is 35.5. The summed E-state index contributed by atoms with van der Waals surface area (Å²) in [6.07, 6.45) is 4.54. The number of nitrogens with one attached hydrogen (secondary N) is 1. The Hall–Kier alpha value is -4.16. The smallest absolute Gasteiger partial charge is 0.257 e. The van der Waals surface area contributed by atoms with Crippen molar-refractivity contribution in [1.29, 1.82) is 0 Å². The van der Waals surface area contributed by atoms with E-state index in [2.05, 4.69) is 67.9 Å². The highest BCUT2D eigenvalue weighted by Crippen LogP contribution is 2.29. The van der Waals surface area contributed by atoms with Crippen molar-refractivity contribution in [2.45, 2.75) is 65.5 Å². The first-order valence-electron chi connectivity index (χ1n) is 18.1. The molecule has 1 atom stereocenters. The first kappa shape index (κ1) is 42.3. The minimum absolute atomic E-state index is 0.0390. The number of ether oxygens (including phenoxy) is 2. The van der Waals surface area contributed by atoms with Gasteiger partial charge >= 0.3 is 0 Å². The number of piperidine rings is 1. The van der Waals surface area contributed by atoms with Crippen molar-refractivity contribution in [3.63, 3.8) is 0 Å². The molecule has 11 nitrogen and oxygen atoms in total. The van der Waals surface area contributed by atoms with E-state index in [1.54, 1.807) is 14.0 Å². The van der Waals surface area contributed by atoms with Crippen LogP contribution in [0.25, 0.3) is 11.0 Å². The molecule has 52 heavy (non-hydrogen) atoms. The molecular weight excluding hydrogens is 676 g/mol. The van der Waals surface area contributed by atoms with Gasteiger partial charge in [-0.2, -0.15) is 5.10 Å². The lowest BCUT2D eigenvalue weighted by atomic mass is 9.93. The largest absolute Gasteiger partial charge is 0.496 e. The zero-order valence-corrected chi connectivity index (χ0v) is 32.8. The molecule has 3 aromatic carbocycles. The molecule has 1 fully saturated rings. The Morgan fingerprint density at radius 3 is 2.48 bits per heavy atom. The lowest BCUT2D eigenvalue weighted by molar-refractivity contribution is 0.0778. The lowest BCUT2D eigenvalue weighted by Gasteiger charge is -2.34. The molecule has 1 aliphatic rings. The summed E-state index contributed by atoms with van der Waals surface area (Å²) in [6, 6.07) is 20.7. The van der Waals surface area contributed by atoms with Crippen LogP contribution in [-0.2, 0) is 11.3 Å². The van der Waals surface area contributed by atoms with Gasteiger partial charge < -0.3 is 40.7 Å². The van der Waals surface area contributed by atoms with Gasteiger partial charge in [-0.25, -0.2) is 4.98 Å². The van der Waals surface area contributed by atoms with E-state index >= 15 is 0 Å². The van der Waals surface area contributed by atoms with Crippen LogP contribution in [0.2, 0.25) is 5.02 Å². The maximum atomic E-state index is 13.6. The van der Waals surface area contributed by atoms with E-state index in [9.17, 15) is 4.79 Å². The fourth-order valence-electron chi connectivity index (χ4n) is 6.37. The third kappa shape index (κ3) is 11.9. The number of nitrogens with zero attached hydrogens (tertiary/aromatic N) is 5. The van der Waals surface area contributed by atoms with Crippen LogP contribution >= 0.6 is 11.6 Å². The third-order valence-electron chi connectivity index (χ3n) is 9.28. The van der Waals surface area contributed by atoms with Crippen molar-refractivity contribution in [1.82, 2.24) is 19.4 Å². The number of fused-ring (bicyclic) bond motifs is 1. The van der Waals surface area contributed by atoms with Crippen molar-refractivity contribution in [2.75, 3.05) is 65.9 Å². The number of amides is 1. The minimum atomic E-state index is -0.0390. The van der Waals surface area contributed by atoms with Crippen LogP contribution in [-0.4, -0.2) is 98.1 Å².